The molecule has 2 saturated heterocycles. The second kappa shape index (κ2) is 10.2. The smallest absolute Gasteiger partial charge is 0.255 e. The number of aromatic nitrogens is 3. The van der Waals surface area contributed by atoms with Crippen LogP contribution in [0.3, 0.4) is 0 Å². The zero-order valence-electron chi connectivity index (χ0n) is 18.6. The lowest BCUT2D eigenvalue weighted by atomic mass is 9.96. The molecule has 172 valence electrons. The maximum Gasteiger partial charge on any atom is 0.255 e. The summed E-state index contributed by atoms with van der Waals surface area (Å²) in [5, 5.41) is 7.93. The summed E-state index contributed by atoms with van der Waals surface area (Å²) in [5.41, 5.74) is 2.87. The Kier molecular flexibility index (Phi) is 6.76. The molecule has 8 nitrogen and oxygen atoms in total. The van der Waals surface area contributed by atoms with Crippen molar-refractivity contribution in [2.75, 3.05) is 46.1 Å². The van der Waals surface area contributed by atoms with Gasteiger partial charge in [-0.15, -0.1) is 0 Å². The molecule has 2 aromatic heterocycles. The Labute approximate surface area is 193 Å². The third-order valence-corrected chi connectivity index (χ3v) is 6.41. The highest BCUT2D eigenvalue weighted by Crippen LogP contribution is 2.25. The fraction of sp³-hybridized carbons (Fsp3) is 0.400. The van der Waals surface area contributed by atoms with Gasteiger partial charge < -0.3 is 14.8 Å². The van der Waals surface area contributed by atoms with Crippen LogP contribution in [0.4, 0.5) is 0 Å². The number of carbonyl (C=O) groups is 1. The molecule has 2 unspecified atom stereocenters. The number of morpholine rings is 1. The van der Waals surface area contributed by atoms with Gasteiger partial charge in [0.2, 0.25) is 0 Å². The second-order valence-corrected chi connectivity index (χ2v) is 8.46. The van der Waals surface area contributed by atoms with Crippen molar-refractivity contribution in [2.24, 2.45) is 5.92 Å². The summed E-state index contributed by atoms with van der Waals surface area (Å²) < 4.78 is 12.9. The number of hydrogen-bond donors (Lipinski definition) is 1. The van der Waals surface area contributed by atoms with Gasteiger partial charge in [0.05, 0.1) is 31.1 Å². The first kappa shape index (κ1) is 21.8. The van der Waals surface area contributed by atoms with E-state index < -0.39 is 0 Å². The van der Waals surface area contributed by atoms with Gasteiger partial charge in [0, 0.05) is 62.4 Å². The van der Waals surface area contributed by atoms with E-state index in [0.717, 1.165) is 57.2 Å². The monoisotopic (exact) mass is 447 g/mol. The molecule has 0 aliphatic carbocycles. The highest BCUT2D eigenvalue weighted by Gasteiger charge is 2.32. The molecular weight excluding hydrogens is 418 g/mol. The fourth-order valence-electron chi connectivity index (χ4n) is 4.62. The lowest BCUT2D eigenvalue weighted by Crippen LogP contribution is -2.52. The number of carbonyl (C=O) groups excluding carboxylic acids is 1. The van der Waals surface area contributed by atoms with Crippen LogP contribution in [0, 0.1) is 5.92 Å². The van der Waals surface area contributed by atoms with Crippen LogP contribution in [-0.2, 0) is 9.47 Å². The zero-order chi connectivity index (χ0) is 22.5. The molecule has 0 radical (unpaired) electrons. The van der Waals surface area contributed by atoms with Crippen molar-refractivity contribution in [2.45, 2.75) is 12.5 Å². The number of pyridine rings is 1. The highest BCUT2D eigenvalue weighted by molar-refractivity contribution is 5.99. The van der Waals surface area contributed by atoms with E-state index in [1.165, 1.54) is 0 Å². The van der Waals surface area contributed by atoms with Crippen molar-refractivity contribution in [3.05, 3.63) is 66.6 Å². The normalized spacial score (nSPS) is 19.9. The lowest BCUT2D eigenvalue weighted by molar-refractivity contribution is 0.00166. The van der Waals surface area contributed by atoms with Crippen molar-refractivity contribution >= 4 is 5.91 Å². The van der Waals surface area contributed by atoms with Gasteiger partial charge in [-0.1, -0.05) is 18.2 Å². The lowest BCUT2D eigenvalue weighted by Gasteiger charge is -2.37. The summed E-state index contributed by atoms with van der Waals surface area (Å²) in [5.74, 6) is 0.279. The Balaban J connectivity index is 1.39. The number of nitrogens with zero attached hydrogens (tertiary/aromatic N) is 4. The summed E-state index contributed by atoms with van der Waals surface area (Å²) in [7, 11) is 0. The summed E-state index contributed by atoms with van der Waals surface area (Å²) >= 11 is 0. The quantitative estimate of drug-likeness (QED) is 0.599. The molecule has 0 saturated carbocycles. The van der Waals surface area contributed by atoms with Gasteiger partial charge in [0.25, 0.3) is 5.91 Å². The van der Waals surface area contributed by atoms with E-state index in [1.54, 1.807) is 23.3 Å². The van der Waals surface area contributed by atoms with Crippen LogP contribution < -0.4 is 5.32 Å². The van der Waals surface area contributed by atoms with E-state index in [1.807, 2.05) is 42.5 Å². The van der Waals surface area contributed by atoms with Gasteiger partial charge in [0.15, 0.2) is 0 Å². The Hall–Kier alpha value is -3.07. The number of benzene rings is 1. The SMILES string of the molecule is O=C(NCC(C1CCOC1)N1CCOCC1)c1cn(-c2ccccc2)nc1-c1cccnc1. The maximum atomic E-state index is 13.4. The highest BCUT2D eigenvalue weighted by atomic mass is 16.5. The second-order valence-electron chi connectivity index (χ2n) is 8.46. The molecule has 4 heterocycles. The molecule has 2 aliphatic rings. The van der Waals surface area contributed by atoms with Gasteiger partial charge in [-0.3, -0.25) is 14.7 Å². The minimum absolute atomic E-state index is 0.131. The van der Waals surface area contributed by atoms with Crippen molar-refractivity contribution < 1.29 is 14.3 Å². The predicted molar refractivity (Wildman–Crippen MR) is 124 cm³/mol. The summed E-state index contributed by atoms with van der Waals surface area (Å²) in [6.07, 6.45) is 6.27. The average molecular weight is 448 g/mol. The Morgan fingerprint density at radius 1 is 1.09 bits per heavy atom. The van der Waals surface area contributed by atoms with Crippen molar-refractivity contribution in [3.8, 4) is 16.9 Å². The summed E-state index contributed by atoms with van der Waals surface area (Å²) in [6.45, 7) is 5.31. The molecule has 8 heteroatoms. The first-order valence-corrected chi connectivity index (χ1v) is 11.5. The number of para-hydroxylation sites is 1. The van der Waals surface area contributed by atoms with Gasteiger partial charge in [-0.05, 0) is 30.7 Å². The molecular formula is C25H29N5O3. The third kappa shape index (κ3) is 4.98. The van der Waals surface area contributed by atoms with Crippen LogP contribution in [0.5, 0.6) is 0 Å². The number of ether oxygens (including phenoxy) is 2. The van der Waals surface area contributed by atoms with Gasteiger partial charge >= 0.3 is 0 Å². The molecule has 0 bridgehead atoms. The number of rotatable bonds is 7. The first-order valence-electron chi connectivity index (χ1n) is 11.5. The maximum absolute atomic E-state index is 13.4. The molecule has 1 N–H and O–H groups in total. The zero-order valence-corrected chi connectivity index (χ0v) is 18.6. The molecule has 0 spiro atoms. The van der Waals surface area contributed by atoms with E-state index in [4.69, 9.17) is 14.6 Å². The number of amides is 1. The molecule has 33 heavy (non-hydrogen) atoms. The van der Waals surface area contributed by atoms with Gasteiger partial charge in [-0.25, -0.2) is 4.68 Å². The van der Waals surface area contributed by atoms with Crippen molar-refractivity contribution in [1.29, 1.82) is 0 Å². The molecule has 1 amide bonds. The van der Waals surface area contributed by atoms with Crippen LogP contribution in [0.2, 0.25) is 0 Å². The minimum atomic E-state index is -0.131. The van der Waals surface area contributed by atoms with E-state index in [-0.39, 0.29) is 11.9 Å². The predicted octanol–water partition coefficient (Wildman–Crippen LogP) is 2.40. The fourth-order valence-corrected chi connectivity index (χ4v) is 4.62. The molecule has 2 fully saturated rings. The van der Waals surface area contributed by atoms with Crippen LogP contribution in [0.1, 0.15) is 16.8 Å². The Morgan fingerprint density at radius 2 is 1.94 bits per heavy atom. The molecule has 1 aromatic carbocycles. The number of hydrogen-bond acceptors (Lipinski definition) is 6. The average Bonchev–Trinajstić information content (AvgIpc) is 3.57. The van der Waals surface area contributed by atoms with Crippen LogP contribution in [0.25, 0.3) is 16.9 Å². The van der Waals surface area contributed by atoms with Gasteiger partial charge in [-0.2, -0.15) is 5.10 Å². The van der Waals surface area contributed by atoms with Crippen LogP contribution >= 0.6 is 0 Å². The van der Waals surface area contributed by atoms with Crippen molar-refractivity contribution in [1.82, 2.24) is 25.0 Å². The molecule has 3 aromatic rings. The first-order chi connectivity index (χ1) is 16.3. The topological polar surface area (TPSA) is 81.5 Å². The van der Waals surface area contributed by atoms with Crippen LogP contribution in [-0.4, -0.2) is 77.7 Å². The van der Waals surface area contributed by atoms with Crippen molar-refractivity contribution in [3.63, 3.8) is 0 Å². The van der Waals surface area contributed by atoms with E-state index >= 15 is 0 Å². The van der Waals surface area contributed by atoms with E-state index in [0.29, 0.717) is 23.7 Å². The standard InChI is InChI=1S/C25H29N5O3/c31-25(27-16-23(20-8-12-33-18-20)29-10-13-32-14-11-29)22-17-30(21-6-2-1-3-7-21)28-24(22)19-5-4-9-26-15-19/h1-7,9,15,17,20,23H,8,10-14,16,18H2,(H,27,31). The molecule has 2 atom stereocenters. The largest absolute Gasteiger partial charge is 0.381 e. The van der Waals surface area contributed by atoms with Gasteiger partial charge in [0.1, 0.15) is 5.69 Å². The number of nitrogens with one attached hydrogen (secondary N) is 1. The summed E-state index contributed by atoms with van der Waals surface area (Å²) in [6, 6.07) is 13.8. The van der Waals surface area contributed by atoms with E-state index in [9.17, 15) is 4.79 Å². The van der Waals surface area contributed by atoms with Crippen LogP contribution in [0.15, 0.2) is 61.1 Å². The Morgan fingerprint density at radius 3 is 2.67 bits per heavy atom. The minimum Gasteiger partial charge on any atom is -0.381 e. The molecule has 2 aliphatic heterocycles. The van der Waals surface area contributed by atoms with E-state index in [2.05, 4.69) is 15.2 Å². The summed E-state index contributed by atoms with van der Waals surface area (Å²) in [4.78, 5) is 20.1. The Bertz CT molecular complexity index is 1040. The third-order valence-electron chi connectivity index (χ3n) is 6.41. The molecule has 5 rings (SSSR count).